The predicted octanol–water partition coefficient (Wildman–Crippen LogP) is 5.76. The first-order valence-electron chi connectivity index (χ1n) is 14.4. The lowest BCUT2D eigenvalue weighted by Gasteiger charge is -2.47. The van der Waals surface area contributed by atoms with Gasteiger partial charge in [-0.3, -0.25) is 9.69 Å². The average Bonchev–Trinajstić information content (AvgIpc) is 3.49. The number of nitrogens with zero attached hydrogens (tertiary/aromatic N) is 5. The number of carbonyl (C=O) groups excluding carboxylic acids is 1. The van der Waals surface area contributed by atoms with E-state index < -0.39 is 34.7 Å². The number of methoxy groups -OCH3 is 1. The van der Waals surface area contributed by atoms with Gasteiger partial charge in [-0.2, -0.15) is 13.2 Å². The molecular formula is C31H34F3N5O4. The van der Waals surface area contributed by atoms with Crippen LogP contribution in [0.5, 0.6) is 0 Å². The summed E-state index contributed by atoms with van der Waals surface area (Å²) < 4.78 is 50.3. The molecule has 228 valence electrons. The van der Waals surface area contributed by atoms with Crippen molar-refractivity contribution in [2.45, 2.75) is 69.2 Å². The summed E-state index contributed by atoms with van der Waals surface area (Å²) in [6.07, 6.45) is -0.625. The maximum Gasteiger partial charge on any atom is 0.416 e. The number of fused-ring (bicyclic) bond motifs is 1. The molecule has 2 amide bonds. The Kier molecular flexibility index (Phi) is 7.02. The van der Waals surface area contributed by atoms with Crippen molar-refractivity contribution in [2.24, 2.45) is 13.0 Å². The fourth-order valence-electron chi connectivity index (χ4n) is 7.17. The number of amides is 2. The highest BCUT2D eigenvalue weighted by atomic mass is 19.4. The van der Waals surface area contributed by atoms with Crippen molar-refractivity contribution in [1.82, 2.24) is 19.7 Å². The summed E-state index contributed by atoms with van der Waals surface area (Å²) in [5, 5.41) is 18.3. The van der Waals surface area contributed by atoms with Crippen LogP contribution in [0.1, 0.15) is 77.5 Å². The van der Waals surface area contributed by atoms with Crippen molar-refractivity contribution in [3.63, 3.8) is 0 Å². The van der Waals surface area contributed by atoms with Crippen LogP contribution in [0.25, 0.3) is 0 Å². The van der Waals surface area contributed by atoms with Gasteiger partial charge in [0.15, 0.2) is 0 Å². The zero-order valence-electron chi connectivity index (χ0n) is 24.3. The summed E-state index contributed by atoms with van der Waals surface area (Å²) >= 11 is 0. The van der Waals surface area contributed by atoms with Gasteiger partial charge in [0.1, 0.15) is 12.2 Å². The number of rotatable bonds is 8. The number of halogens is 3. The fraction of sp³-hybridized carbons (Fsp3) is 0.484. The van der Waals surface area contributed by atoms with E-state index in [2.05, 4.69) is 10.2 Å². The Bertz CT molecular complexity index is 1580. The van der Waals surface area contributed by atoms with Crippen LogP contribution in [0, 0.1) is 5.92 Å². The van der Waals surface area contributed by atoms with E-state index in [-0.39, 0.29) is 29.8 Å². The molecule has 2 aliphatic carbocycles. The van der Waals surface area contributed by atoms with Gasteiger partial charge >= 0.3 is 12.3 Å². The minimum atomic E-state index is -4.72. The van der Waals surface area contributed by atoms with E-state index in [0.29, 0.717) is 31.1 Å². The van der Waals surface area contributed by atoms with E-state index in [0.717, 1.165) is 36.7 Å². The lowest BCUT2D eigenvalue weighted by atomic mass is 9.58. The molecule has 2 fully saturated rings. The standard InChI is InChI=1S/C31H34F3N5O4/c1-29(8-5-9-29)39(28(41)42)15-19-10-23-24(25(11-19)31(32,33)34)16-38(26(23)40)22-7-4-6-21(12-22)30(13-20(14-30)17-43-3)27-36-35-18-37(27)2/h4,6-7,10-12,18,20H,5,8-9,13-17H2,1-3H3,(H,41,42). The zero-order valence-corrected chi connectivity index (χ0v) is 24.3. The molecule has 9 nitrogen and oxygen atoms in total. The van der Waals surface area contributed by atoms with Crippen molar-refractivity contribution in [2.75, 3.05) is 18.6 Å². The Labute approximate surface area is 247 Å². The van der Waals surface area contributed by atoms with E-state index in [9.17, 15) is 27.9 Å². The topological polar surface area (TPSA) is 101 Å². The fourth-order valence-corrected chi connectivity index (χ4v) is 7.17. The summed E-state index contributed by atoms with van der Waals surface area (Å²) in [6.45, 7) is 1.93. The van der Waals surface area contributed by atoms with Gasteiger partial charge in [-0.05, 0) is 85.9 Å². The first-order valence-corrected chi connectivity index (χ1v) is 14.4. The van der Waals surface area contributed by atoms with E-state index in [1.165, 1.54) is 15.9 Å². The second-order valence-electron chi connectivity index (χ2n) is 12.4. The molecule has 0 saturated heterocycles. The largest absolute Gasteiger partial charge is 0.465 e. The molecule has 1 aromatic heterocycles. The van der Waals surface area contributed by atoms with Crippen LogP contribution in [0.4, 0.5) is 23.7 Å². The number of alkyl halides is 3. The predicted molar refractivity (Wildman–Crippen MR) is 151 cm³/mol. The van der Waals surface area contributed by atoms with Crippen LogP contribution in [-0.4, -0.2) is 56.0 Å². The number of carbonyl (C=O) groups is 2. The van der Waals surface area contributed by atoms with Gasteiger partial charge in [-0.1, -0.05) is 12.1 Å². The molecule has 2 heterocycles. The third-order valence-electron chi connectivity index (χ3n) is 9.59. The number of benzene rings is 2. The quantitative estimate of drug-likeness (QED) is 0.355. The number of hydrogen-bond acceptors (Lipinski definition) is 5. The van der Waals surface area contributed by atoms with Crippen molar-refractivity contribution >= 4 is 17.7 Å². The smallest absolute Gasteiger partial charge is 0.416 e. The normalized spacial score (nSPS) is 22.6. The Balaban J connectivity index is 1.35. The molecule has 3 aliphatic rings. The van der Waals surface area contributed by atoms with E-state index in [1.54, 1.807) is 26.4 Å². The highest BCUT2D eigenvalue weighted by molar-refractivity contribution is 6.10. The van der Waals surface area contributed by atoms with Gasteiger partial charge in [0, 0.05) is 44.1 Å². The maximum absolute atomic E-state index is 14.4. The van der Waals surface area contributed by atoms with Crippen LogP contribution in [0.15, 0.2) is 42.7 Å². The average molecular weight is 598 g/mol. The van der Waals surface area contributed by atoms with Gasteiger partial charge in [-0.15, -0.1) is 10.2 Å². The number of aryl methyl sites for hydroxylation is 1. The van der Waals surface area contributed by atoms with Crippen molar-refractivity contribution in [1.29, 1.82) is 0 Å². The van der Waals surface area contributed by atoms with Crippen LogP contribution in [0.2, 0.25) is 0 Å². The summed E-state index contributed by atoms with van der Waals surface area (Å²) in [5.41, 5.74) is -0.635. The Hall–Kier alpha value is -3.93. The summed E-state index contributed by atoms with van der Waals surface area (Å²) in [5.74, 6) is 0.540. The number of ether oxygens (including phenoxy) is 1. The van der Waals surface area contributed by atoms with E-state index in [1.807, 2.05) is 29.8 Å². The summed E-state index contributed by atoms with van der Waals surface area (Å²) in [4.78, 5) is 28.4. The highest BCUT2D eigenvalue weighted by Gasteiger charge is 2.50. The number of anilines is 1. The van der Waals surface area contributed by atoms with Crippen molar-refractivity contribution in [3.05, 3.63) is 76.4 Å². The Morgan fingerprint density at radius 1 is 1.21 bits per heavy atom. The molecule has 0 atom stereocenters. The molecule has 1 N–H and O–H groups in total. The van der Waals surface area contributed by atoms with Crippen molar-refractivity contribution < 1.29 is 32.6 Å². The molecular weight excluding hydrogens is 563 g/mol. The Morgan fingerprint density at radius 3 is 2.53 bits per heavy atom. The minimum Gasteiger partial charge on any atom is -0.465 e. The molecule has 0 bridgehead atoms. The van der Waals surface area contributed by atoms with Crippen molar-refractivity contribution in [3.8, 4) is 0 Å². The first-order chi connectivity index (χ1) is 20.4. The first kappa shape index (κ1) is 29.2. The Morgan fingerprint density at radius 2 is 1.95 bits per heavy atom. The van der Waals surface area contributed by atoms with Crippen LogP contribution in [-0.2, 0) is 36.5 Å². The third kappa shape index (κ3) is 4.85. The third-order valence-corrected chi connectivity index (χ3v) is 9.59. The molecule has 2 aromatic carbocycles. The van der Waals surface area contributed by atoms with Crippen LogP contribution in [0.3, 0.4) is 0 Å². The molecule has 1 aliphatic heterocycles. The lowest BCUT2D eigenvalue weighted by molar-refractivity contribution is -0.138. The van der Waals surface area contributed by atoms with Gasteiger partial charge < -0.3 is 19.3 Å². The van der Waals surface area contributed by atoms with E-state index in [4.69, 9.17) is 4.74 Å². The van der Waals surface area contributed by atoms with Gasteiger partial charge in [0.25, 0.3) is 5.91 Å². The van der Waals surface area contributed by atoms with Gasteiger partial charge in [0.05, 0.1) is 17.5 Å². The molecule has 12 heteroatoms. The monoisotopic (exact) mass is 597 g/mol. The van der Waals surface area contributed by atoms with Gasteiger partial charge in [-0.25, -0.2) is 4.79 Å². The lowest BCUT2D eigenvalue weighted by Crippen LogP contribution is -2.53. The zero-order chi connectivity index (χ0) is 30.7. The second-order valence-corrected chi connectivity index (χ2v) is 12.4. The number of hydrogen-bond donors (Lipinski definition) is 1. The minimum absolute atomic E-state index is 0.0499. The van der Waals surface area contributed by atoms with Gasteiger partial charge in [0.2, 0.25) is 0 Å². The molecule has 2 saturated carbocycles. The number of aromatic nitrogens is 3. The van der Waals surface area contributed by atoms with Crippen LogP contribution >= 0.6 is 0 Å². The SMILES string of the molecule is COCC1CC(c2cccc(N3Cc4c(cc(CN(C(=O)O)C5(C)CCC5)cc4C(F)(F)F)C3=O)c2)(c2nncn2C)C1. The molecule has 0 unspecified atom stereocenters. The molecule has 3 aromatic rings. The summed E-state index contributed by atoms with van der Waals surface area (Å²) in [7, 11) is 3.53. The molecule has 0 spiro atoms. The van der Waals surface area contributed by atoms with E-state index >= 15 is 0 Å². The molecule has 6 rings (SSSR count). The summed E-state index contributed by atoms with van der Waals surface area (Å²) in [6, 6.07) is 9.77. The maximum atomic E-state index is 14.4. The number of carboxylic acid groups (broad SMARTS) is 1. The highest BCUT2D eigenvalue weighted by Crippen LogP contribution is 2.52. The second kappa shape index (κ2) is 10.4. The molecule has 0 radical (unpaired) electrons. The molecule has 43 heavy (non-hydrogen) atoms. The van der Waals surface area contributed by atoms with Crippen LogP contribution < -0.4 is 4.90 Å².